The second-order valence-electron chi connectivity index (χ2n) is 8.30. The number of carbonyl (C=O) groups is 2. The second-order valence-corrected chi connectivity index (χ2v) is 8.30. The van der Waals surface area contributed by atoms with Gasteiger partial charge in [0.1, 0.15) is 25.0 Å². The van der Waals surface area contributed by atoms with Crippen LogP contribution >= 0.6 is 0 Å². The van der Waals surface area contributed by atoms with Gasteiger partial charge in [0.25, 0.3) is 5.56 Å². The Bertz CT molecular complexity index is 1460. The first-order valence-electron chi connectivity index (χ1n) is 11.4. The van der Waals surface area contributed by atoms with E-state index in [0.717, 1.165) is 0 Å². The van der Waals surface area contributed by atoms with Gasteiger partial charge in [0.05, 0.1) is 17.7 Å². The highest BCUT2D eigenvalue weighted by Gasteiger charge is 2.40. The molecule has 1 aromatic heterocycles. The number of carbonyl (C=O) groups excluding carboxylic acids is 2. The third kappa shape index (κ3) is 5.95. The van der Waals surface area contributed by atoms with Crippen molar-refractivity contribution in [2.75, 3.05) is 6.61 Å². The number of rotatable bonds is 8. The summed E-state index contributed by atoms with van der Waals surface area (Å²) in [6, 6.07) is 14.9. The van der Waals surface area contributed by atoms with Gasteiger partial charge < -0.3 is 14.2 Å². The topological polar surface area (TPSA) is 165 Å². The van der Waals surface area contributed by atoms with E-state index < -0.39 is 41.6 Å². The zero-order valence-corrected chi connectivity index (χ0v) is 19.8. The van der Waals surface area contributed by atoms with E-state index in [9.17, 15) is 19.2 Å². The summed E-state index contributed by atoms with van der Waals surface area (Å²) in [7, 11) is 0. The number of ether oxygens (including phenoxy) is 3. The number of aromatic nitrogens is 2. The Labute approximate surface area is 210 Å². The minimum atomic E-state index is -0.898. The number of esters is 2. The molecule has 0 aliphatic carbocycles. The van der Waals surface area contributed by atoms with E-state index in [1.54, 1.807) is 61.5 Å². The normalized spacial score (nSPS) is 18.6. The van der Waals surface area contributed by atoms with Crippen LogP contribution in [-0.2, 0) is 20.8 Å². The molecule has 2 aromatic carbocycles. The van der Waals surface area contributed by atoms with Crippen LogP contribution in [0.15, 0.2) is 75.5 Å². The highest BCUT2D eigenvalue weighted by Crippen LogP contribution is 2.31. The molecule has 0 bridgehead atoms. The number of benzene rings is 2. The number of hydrogen-bond donors (Lipinski definition) is 1. The van der Waals surface area contributed by atoms with Gasteiger partial charge in [0.15, 0.2) is 0 Å². The summed E-state index contributed by atoms with van der Waals surface area (Å²) in [5.41, 5.74) is 8.72. The van der Waals surface area contributed by atoms with Crippen molar-refractivity contribution < 1.29 is 23.8 Å². The molecule has 37 heavy (non-hydrogen) atoms. The van der Waals surface area contributed by atoms with Crippen LogP contribution in [0.5, 0.6) is 0 Å². The van der Waals surface area contributed by atoms with Gasteiger partial charge in [-0.15, -0.1) is 0 Å². The molecule has 190 valence electrons. The van der Waals surface area contributed by atoms with E-state index >= 15 is 0 Å². The van der Waals surface area contributed by atoms with Crippen LogP contribution in [0.1, 0.15) is 44.5 Å². The summed E-state index contributed by atoms with van der Waals surface area (Å²) in [6.07, 6.45) is -1.19. The van der Waals surface area contributed by atoms with Gasteiger partial charge in [0.2, 0.25) is 0 Å². The zero-order valence-electron chi connectivity index (χ0n) is 19.8. The Morgan fingerprint density at radius 2 is 1.86 bits per heavy atom. The molecule has 2 heterocycles. The smallest absolute Gasteiger partial charge is 0.338 e. The van der Waals surface area contributed by atoms with E-state index in [1.807, 2.05) is 0 Å². The maximum atomic E-state index is 12.8. The number of nitrogens with one attached hydrogen (secondary N) is 1. The second kappa shape index (κ2) is 11.4. The fourth-order valence-electron chi connectivity index (χ4n) is 3.93. The molecule has 3 aromatic rings. The summed E-state index contributed by atoms with van der Waals surface area (Å²) < 4.78 is 18.3. The summed E-state index contributed by atoms with van der Waals surface area (Å²) in [4.78, 5) is 54.7. The maximum Gasteiger partial charge on any atom is 0.338 e. The fourth-order valence-corrected chi connectivity index (χ4v) is 3.93. The lowest BCUT2D eigenvalue weighted by molar-refractivity contribution is -0.0583. The van der Waals surface area contributed by atoms with Gasteiger partial charge in [-0.2, -0.15) is 0 Å². The first kappa shape index (κ1) is 25.4. The van der Waals surface area contributed by atoms with E-state index in [2.05, 4.69) is 15.0 Å². The van der Waals surface area contributed by atoms with Crippen LogP contribution in [0.4, 0.5) is 0 Å². The van der Waals surface area contributed by atoms with Crippen LogP contribution in [0, 0.1) is 6.92 Å². The third-order valence-electron chi connectivity index (χ3n) is 5.82. The van der Waals surface area contributed by atoms with Gasteiger partial charge in [-0.05, 0) is 36.2 Å². The first-order chi connectivity index (χ1) is 17.9. The molecular weight excluding hydrogens is 482 g/mol. The van der Waals surface area contributed by atoms with E-state index in [4.69, 9.17) is 19.7 Å². The SMILES string of the molecule is Cc1cn([C@H]2C[C@H](OC(=O)c3ccccc3)[C@@H](COC(=O)c3ccccc3CN=[N+]=[N-])O2)c(=O)[nH]c1=O. The Morgan fingerprint density at radius 1 is 1.14 bits per heavy atom. The largest absolute Gasteiger partial charge is 0.459 e. The molecule has 0 amide bonds. The summed E-state index contributed by atoms with van der Waals surface area (Å²) in [5.74, 6) is -1.28. The average Bonchev–Trinajstić information content (AvgIpc) is 3.30. The Morgan fingerprint density at radius 3 is 2.62 bits per heavy atom. The maximum absolute atomic E-state index is 12.8. The van der Waals surface area contributed by atoms with Crippen molar-refractivity contribution >= 4 is 11.9 Å². The lowest BCUT2D eigenvalue weighted by atomic mass is 10.1. The predicted octanol–water partition coefficient (Wildman–Crippen LogP) is 3.03. The number of azide groups is 1. The molecule has 12 heteroatoms. The number of hydrogen-bond acceptors (Lipinski definition) is 8. The van der Waals surface area contributed by atoms with Crippen LogP contribution in [0.2, 0.25) is 0 Å². The van der Waals surface area contributed by atoms with Crippen molar-refractivity contribution in [3.63, 3.8) is 0 Å². The van der Waals surface area contributed by atoms with Crippen LogP contribution in [-0.4, -0.2) is 40.3 Å². The first-order valence-corrected chi connectivity index (χ1v) is 11.4. The van der Waals surface area contributed by atoms with Gasteiger partial charge in [-0.3, -0.25) is 14.3 Å². The van der Waals surface area contributed by atoms with Gasteiger partial charge in [-0.1, -0.05) is 41.5 Å². The third-order valence-corrected chi connectivity index (χ3v) is 5.82. The molecule has 0 radical (unpaired) electrons. The average molecular weight is 505 g/mol. The van der Waals surface area contributed by atoms with Crippen LogP contribution in [0.3, 0.4) is 0 Å². The summed E-state index contributed by atoms with van der Waals surface area (Å²) >= 11 is 0. The molecule has 4 rings (SSSR count). The molecule has 1 aliphatic rings. The van der Waals surface area contributed by atoms with Crippen LogP contribution < -0.4 is 11.2 Å². The number of aryl methyl sites for hydroxylation is 1. The molecule has 1 aliphatic heterocycles. The Balaban J connectivity index is 1.54. The highest BCUT2D eigenvalue weighted by atomic mass is 16.6. The molecule has 1 fully saturated rings. The summed E-state index contributed by atoms with van der Waals surface area (Å²) in [6.45, 7) is 1.23. The lowest BCUT2D eigenvalue weighted by Crippen LogP contribution is -2.33. The quantitative estimate of drug-likeness (QED) is 0.213. The van der Waals surface area contributed by atoms with E-state index in [0.29, 0.717) is 16.7 Å². The molecule has 3 atom stereocenters. The molecule has 0 unspecified atom stereocenters. The van der Waals surface area contributed by atoms with Crippen LogP contribution in [0.25, 0.3) is 10.4 Å². The summed E-state index contributed by atoms with van der Waals surface area (Å²) in [5, 5.41) is 3.49. The lowest BCUT2D eigenvalue weighted by Gasteiger charge is -2.19. The number of H-pyrrole nitrogens is 1. The molecular formula is C25H23N5O7. The molecule has 0 saturated carbocycles. The number of aromatic amines is 1. The fraction of sp³-hybridized carbons (Fsp3) is 0.280. The highest BCUT2D eigenvalue weighted by molar-refractivity contribution is 5.91. The van der Waals surface area contributed by atoms with Gasteiger partial charge >= 0.3 is 17.6 Å². The van der Waals surface area contributed by atoms with E-state index in [-0.39, 0.29) is 25.1 Å². The van der Waals surface area contributed by atoms with Gasteiger partial charge in [0, 0.05) is 23.1 Å². The minimum Gasteiger partial charge on any atom is -0.459 e. The Kier molecular flexibility index (Phi) is 7.82. The van der Waals surface area contributed by atoms with Crippen molar-refractivity contribution in [3.05, 3.63) is 114 Å². The monoisotopic (exact) mass is 505 g/mol. The van der Waals surface area contributed by atoms with E-state index in [1.165, 1.54) is 10.8 Å². The zero-order chi connectivity index (χ0) is 26.4. The number of nitrogens with zero attached hydrogens (tertiary/aromatic N) is 4. The van der Waals surface area contributed by atoms with Crippen molar-refractivity contribution in [2.45, 2.75) is 38.3 Å². The predicted molar refractivity (Wildman–Crippen MR) is 130 cm³/mol. The standard InChI is InChI=1S/C25H23N5O7/c1-15-13-30(25(34)28-22(15)31)21-11-19(37-23(32)16-7-3-2-4-8-16)20(36-21)14-35-24(33)18-10-6-5-9-17(18)12-27-29-26/h2-10,13,19-21H,11-12,14H2,1H3,(H,28,31,34)/t19-,20+,21+/m0/s1. The Hall–Kier alpha value is -4.67. The van der Waals surface area contributed by atoms with Crippen molar-refractivity contribution in [1.82, 2.24) is 9.55 Å². The minimum absolute atomic E-state index is 0.0322. The van der Waals surface area contributed by atoms with Crippen molar-refractivity contribution in [1.29, 1.82) is 0 Å². The molecule has 1 saturated heterocycles. The van der Waals surface area contributed by atoms with Crippen molar-refractivity contribution in [3.8, 4) is 0 Å². The molecule has 1 N–H and O–H groups in total. The molecule has 12 nitrogen and oxygen atoms in total. The molecule has 0 spiro atoms. The van der Waals surface area contributed by atoms with Crippen molar-refractivity contribution in [2.24, 2.45) is 5.11 Å². The van der Waals surface area contributed by atoms with Gasteiger partial charge in [-0.25, -0.2) is 14.4 Å².